The zero-order valence-electron chi connectivity index (χ0n) is 12.3. The van der Waals surface area contributed by atoms with E-state index in [9.17, 15) is 0 Å². The van der Waals surface area contributed by atoms with E-state index in [-0.39, 0.29) is 0 Å². The van der Waals surface area contributed by atoms with Gasteiger partial charge in [0.2, 0.25) is 0 Å². The average Bonchev–Trinajstić information content (AvgIpc) is 2.77. The Morgan fingerprint density at radius 3 is 2.43 bits per heavy atom. The molecule has 3 heteroatoms. The number of benzene rings is 1. The molecule has 21 heavy (non-hydrogen) atoms. The first-order valence-electron chi connectivity index (χ1n) is 8.32. The van der Waals surface area contributed by atoms with Crippen molar-refractivity contribution in [2.24, 2.45) is 23.2 Å². The van der Waals surface area contributed by atoms with Gasteiger partial charge in [-0.2, -0.15) is 0 Å². The fourth-order valence-corrected chi connectivity index (χ4v) is 5.89. The van der Waals surface area contributed by atoms with Gasteiger partial charge >= 0.3 is 0 Å². The number of rotatable bonds is 2. The number of hydrogen-bond acceptors (Lipinski definition) is 3. The minimum absolute atomic E-state index is 0.487. The molecule has 4 aliphatic carbocycles. The highest BCUT2D eigenvalue weighted by molar-refractivity contribution is 5.76. The van der Waals surface area contributed by atoms with Crippen LogP contribution < -0.4 is 5.73 Å². The minimum Gasteiger partial charge on any atom is -0.441 e. The lowest BCUT2D eigenvalue weighted by Gasteiger charge is -2.56. The van der Waals surface area contributed by atoms with Crippen molar-refractivity contribution in [1.29, 1.82) is 0 Å². The number of anilines is 1. The van der Waals surface area contributed by atoms with Gasteiger partial charge in [0.05, 0.1) is 0 Å². The molecule has 0 amide bonds. The van der Waals surface area contributed by atoms with Crippen molar-refractivity contribution in [2.45, 2.75) is 44.9 Å². The lowest BCUT2D eigenvalue weighted by Crippen LogP contribution is -2.47. The Morgan fingerprint density at radius 1 is 1.10 bits per heavy atom. The van der Waals surface area contributed by atoms with Gasteiger partial charge in [-0.15, -0.1) is 0 Å². The number of aromatic nitrogens is 1. The first-order valence-corrected chi connectivity index (χ1v) is 8.32. The van der Waals surface area contributed by atoms with Crippen molar-refractivity contribution in [3.05, 3.63) is 24.1 Å². The van der Waals surface area contributed by atoms with Crippen molar-refractivity contribution in [3.63, 3.8) is 0 Å². The molecule has 0 aliphatic heterocycles. The number of hydrogen-bond donors (Lipinski definition) is 1. The summed E-state index contributed by atoms with van der Waals surface area (Å²) >= 11 is 0. The minimum atomic E-state index is 0.487. The molecule has 1 aromatic carbocycles. The highest BCUT2D eigenvalue weighted by Gasteiger charge is 2.51. The molecule has 0 saturated heterocycles. The van der Waals surface area contributed by atoms with Gasteiger partial charge in [0.1, 0.15) is 5.52 Å². The smallest absolute Gasteiger partial charge is 0.196 e. The predicted octanol–water partition coefficient (Wildman–Crippen LogP) is 4.17. The molecule has 2 N–H and O–H groups in total. The third-order valence-electron chi connectivity index (χ3n) is 6.15. The first-order chi connectivity index (χ1) is 10.2. The highest BCUT2D eigenvalue weighted by atomic mass is 16.3. The molecule has 4 aliphatic rings. The molecule has 4 fully saturated rings. The maximum absolute atomic E-state index is 6.00. The Bertz CT molecular complexity index is 667. The van der Waals surface area contributed by atoms with Gasteiger partial charge < -0.3 is 10.2 Å². The van der Waals surface area contributed by atoms with Crippen molar-refractivity contribution in [2.75, 3.05) is 5.73 Å². The van der Waals surface area contributed by atoms with Gasteiger partial charge in [-0.3, -0.25) is 0 Å². The number of nitrogens with zero attached hydrogens (tertiary/aromatic N) is 1. The molecule has 1 aromatic heterocycles. The lowest BCUT2D eigenvalue weighted by atomic mass is 9.49. The van der Waals surface area contributed by atoms with Crippen molar-refractivity contribution >= 4 is 16.8 Å². The fourth-order valence-electron chi connectivity index (χ4n) is 5.89. The quantitative estimate of drug-likeness (QED) is 0.841. The van der Waals surface area contributed by atoms with Gasteiger partial charge in [0, 0.05) is 18.2 Å². The molecule has 110 valence electrons. The standard InChI is InChI=1S/C18H22N2O/c19-14-1-2-15-16(6-14)21-17(20-15)10-18-7-11-3-12(8-18)5-13(4-11)9-18/h1-2,6,11-13H,3-5,7-10,19H2. The molecule has 1 heterocycles. The van der Waals surface area contributed by atoms with Crippen molar-refractivity contribution < 1.29 is 4.42 Å². The van der Waals surface area contributed by atoms with Crippen LogP contribution in [0, 0.1) is 23.2 Å². The SMILES string of the molecule is Nc1ccc2nc(CC34CC5CC(CC(C5)C3)C4)oc2c1. The Labute approximate surface area is 124 Å². The summed E-state index contributed by atoms with van der Waals surface area (Å²) in [5, 5.41) is 0. The van der Waals surface area contributed by atoms with Gasteiger partial charge in [-0.05, 0) is 73.8 Å². The second kappa shape index (κ2) is 4.02. The lowest BCUT2D eigenvalue weighted by molar-refractivity contribution is -0.0549. The monoisotopic (exact) mass is 282 g/mol. The summed E-state index contributed by atoms with van der Waals surface area (Å²) in [5.41, 5.74) is 8.86. The van der Waals surface area contributed by atoms with Crippen molar-refractivity contribution in [3.8, 4) is 0 Å². The first kappa shape index (κ1) is 12.1. The van der Waals surface area contributed by atoms with Crippen LogP contribution in [0.1, 0.15) is 44.4 Å². The second-order valence-electron chi connectivity index (χ2n) is 7.93. The van der Waals surface area contributed by atoms with Crippen molar-refractivity contribution in [1.82, 2.24) is 4.98 Å². The molecule has 2 aromatic rings. The largest absolute Gasteiger partial charge is 0.441 e. The van der Waals surface area contributed by atoms with E-state index in [0.717, 1.165) is 46.9 Å². The van der Waals surface area contributed by atoms with E-state index in [0.29, 0.717) is 5.41 Å². The molecule has 4 bridgehead atoms. The van der Waals surface area contributed by atoms with Crippen LogP contribution >= 0.6 is 0 Å². The molecule has 0 atom stereocenters. The molecule has 0 unspecified atom stereocenters. The molecule has 0 spiro atoms. The zero-order chi connectivity index (χ0) is 14.0. The van der Waals surface area contributed by atoms with Gasteiger partial charge in [-0.25, -0.2) is 4.98 Å². The normalized spacial score (nSPS) is 37.4. The Morgan fingerprint density at radius 2 is 1.76 bits per heavy atom. The maximum atomic E-state index is 6.00. The Balaban J connectivity index is 1.48. The van der Waals surface area contributed by atoms with E-state index < -0.39 is 0 Å². The fraction of sp³-hybridized carbons (Fsp3) is 0.611. The van der Waals surface area contributed by atoms with Crippen LogP contribution in [-0.2, 0) is 6.42 Å². The topological polar surface area (TPSA) is 52.0 Å². The van der Waals surface area contributed by atoms with Crippen LogP contribution in [0.3, 0.4) is 0 Å². The molecule has 3 nitrogen and oxygen atoms in total. The summed E-state index contributed by atoms with van der Waals surface area (Å²) in [4.78, 5) is 4.71. The Hall–Kier alpha value is -1.51. The summed E-state index contributed by atoms with van der Waals surface area (Å²) < 4.78 is 6.00. The number of nitrogens with two attached hydrogens (primary N) is 1. The highest BCUT2D eigenvalue weighted by Crippen LogP contribution is 2.61. The summed E-state index contributed by atoms with van der Waals surface area (Å²) in [6, 6.07) is 5.77. The van der Waals surface area contributed by atoms with E-state index in [1.165, 1.54) is 38.5 Å². The number of oxazole rings is 1. The summed E-state index contributed by atoms with van der Waals surface area (Å²) in [7, 11) is 0. The van der Waals surface area contributed by atoms with Crippen LogP contribution in [0.2, 0.25) is 0 Å². The van der Waals surface area contributed by atoms with E-state index in [1.807, 2.05) is 18.2 Å². The van der Waals surface area contributed by atoms with E-state index in [2.05, 4.69) is 0 Å². The summed E-state index contributed by atoms with van der Waals surface area (Å²) in [6.45, 7) is 0. The second-order valence-corrected chi connectivity index (χ2v) is 7.93. The number of nitrogen functional groups attached to an aromatic ring is 1. The predicted molar refractivity (Wildman–Crippen MR) is 82.7 cm³/mol. The van der Waals surface area contributed by atoms with E-state index >= 15 is 0 Å². The third kappa shape index (κ3) is 1.90. The van der Waals surface area contributed by atoms with E-state index in [1.54, 1.807) is 0 Å². The van der Waals surface area contributed by atoms with Gasteiger partial charge in [-0.1, -0.05) is 0 Å². The zero-order valence-corrected chi connectivity index (χ0v) is 12.3. The van der Waals surface area contributed by atoms with Gasteiger partial charge in [0.25, 0.3) is 0 Å². The van der Waals surface area contributed by atoms with E-state index in [4.69, 9.17) is 15.1 Å². The van der Waals surface area contributed by atoms with Crippen LogP contribution in [0.25, 0.3) is 11.1 Å². The summed E-state index contributed by atoms with van der Waals surface area (Å²) in [5.74, 6) is 3.88. The molecular formula is C18H22N2O. The van der Waals surface area contributed by atoms with Crippen LogP contribution in [-0.4, -0.2) is 4.98 Å². The van der Waals surface area contributed by atoms with Crippen LogP contribution in [0.4, 0.5) is 5.69 Å². The average molecular weight is 282 g/mol. The van der Waals surface area contributed by atoms with Gasteiger partial charge in [0.15, 0.2) is 11.5 Å². The number of fused-ring (bicyclic) bond motifs is 1. The molecule has 0 radical (unpaired) electrons. The summed E-state index contributed by atoms with van der Waals surface area (Å²) in [6.07, 6.45) is 9.71. The Kier molecular flexibility index (Phi) is 2.31. The molecule has 6 rings (SSSR count). The third-order valence-corrected chi connectivity index (χ3v) is 6.15. The molecule has 4 saturated carbocycles. The van der Waals surface area contributed by atoms with Crippen LogP contribution in [0.5, 0.6) is 0 Å². The maximum Gasteiger partial charge on any atom is 0.196 e. The van der Waals surface area contributed by atoms with Crippen LogP contribution in [0.15, 0.2) is 22.6 Å². The molecular weight excluding hydrogens is 260 g/mol.